The molecular formula is C23H20F2N4OS2. The van der Waals surface area contributed by atoms with Gasteiger partial charge in [-0.2, -0.15) is 0 Å². The van der Waals surface area contributed by atoms with E-state index in [1.165, 1.54) is 17.4 Å². The Balaban J connectivity index is 1.52. The first-order chi connectivity index (χ1) is 15.5. The first kappa shape index (κ1) is 21.1. The number of aromatic amines is 1. The molecule has 5 nitrogen and oxygen atoms in total. The van der Waals surface area contributed by atoms with Crippen molar-refractivity contribution >= 4 is 40.0 Å². The molecule has 5 rings (SSSR count). The van der Waals surface area contributed by atoms with Crippen molar-refractivity contribution < 1.29 is 13.6 Å². The average Bonchev–Trinajstić information content (AvgIpc) is 3.52. The minimum absolute atomic E-state index is 0.190. The highest BCUT2D eigenvalue weighted by molar-refractivity contribution is 7.98. The summed E-state index contributed by atoms with van der Waals surface area (Å²) in [6, 6.07) is 9.48. The van der Waals surface area contributed by atoms with E-state index >= 15 is 0 Å². The number of para-hydroxylation sites is 1. The molecule has 164 valence electrons. The largest absolute Gasteiger partial charge is 0.340 e. The van der Waals surface area contributed by atoms with Crippen LogP contribution in [0, 0.1) is 18.6 Å². The second kappa shape index (κ2) is 8.29. The number of carbonyl (C=O) groups excluding carboxylic acids is 1. The highest BCUT2D eigenvalue weighted by Crippen LogP contribution is 2.37. The SMILES string of the molecule is CSc1cccc2[nH]c(C3CCCN3C(=O)c3nc(C)sc3-c3ccc(F)c(F)c3)nc12. The van der Waals surface area contributed by atoms with Gasteiger partial charge in [-0.3, -0.25) is 4.79 Å². The van der Waals surface area contributed by atoms with Crippen molar-refractivity contribution in [1.82, 2.24) is 19.9 Å². The lowest BCUT2D eigenvalue weighted by atomic mass is 10.1. The zero-order valence-electron chi connectivity index (χ0n) is 17.5. The van der Waals surface area contributed by atoms with Gasteiger partial charge in [0.2, 0.25) is 0 Å². The molecule has 0 saturated carbocycles. The van der Waals surface area contributed by atoms with Crippen molar-refractivity contribution in [2.45, 2.75) is 30.7 Å². The topological polar surface area (TPSA) is 61.9 Å². The lowest BCUT2D eigenvalue weighted by Gasteiger charge is -2.22. The van der Waals surface area contributed by atoms with Crippen LogP contribution in [0.1, 0.15) is 40.2 Å². The fourth-order valence-corrected chi connectivity index (χ4v) is 5.65. The van der Waals surface area contributed by atoms with Crippen LogP contribution in [0.4, 0.5) is 8.78 Å². The van der Waals surface area contributed by atoms with Gasteiger partial charge in [-0.15, -0.1) is 23.1 Å². The molecule has 32 heavy (non-hydrogen) atoms. The smallest absolute Gasteiger partial charge is 0.274 e. The van der Waals surface area contributed by atoms with Crippen LogP contribution >= 0.6 is 23.1 Å². The van der Waals surface area contributed by atoms with E-state index in [2.05, 4.69) is 9.97 Å². The Kier molecular flexibility index (Phi) is 5.46. The van der Waals surface area contributed by atoms with Crippen molar-refractivity contribution in [3.05, 3.63) is 64.6 Å². The number of amides is 1. The molecular weight excluding hydrogens is 450 g/mol. The number of hydrogen-bond acceptors (Lipinski definition) is 5. The van der Waals surface area contributed by atoms with Crippen molar-refractivity contribution in [1.29, 1.82) is 0 Å². The molecule has 1 aliphatic rings. The molecule has 1 N–H and O–H groups in total. The highest BCUT2D eigenvalue weighted by atomic mass is 32.2. The number of H-pyrrole nitrogens is 1. The number of hydrogen-bond donors (Lipinski definition) is 1. The number of halogens is 2. The summed E-state index contributed by atoms with van der Waals surface area (Å²) in [6.07, 6.45) is 3.66. The molecule has 2 aromatic heterocycles. The second-order valence-electron chi connectivity index (χ2n) is 7.67. The molecule has 0 spiro atoms. The van der Waals surface area contributed by atoms with Crippen LogP contribution in [0.25, 0.3) is 21.5 Å². The minimum Gasteiger partial charge on any atom is -0.340 e. The van der Waals surface area contributed by atoms with Gasteiger partial charge >= 0.3 is 0 Å². The van der Waals surface area contributed by atoms with E-state index in [0.717, 1.165) is 46.7 Å². The summed E-state index contributed by atoms with van der Waals surface area (Å²) in [5.74, 6) is -1.33. The number of likely N-dealkylation sites (tertiary alicyclic amines) is 1. The Hall–Kier alpha value is -2.78. The number of benzene rings is 2. The first-order valence-electron chi connectivity index (χ1n) is 10.2. The number of thioether (sulfide) groups is 1. The number of thiazole rings is 1. The van der Waals surface area contributed by atoms with E-state index in [-0.39, 0.29) is 17.6 Å². The second-order valence-corrected chi connectivity index (χ2v) is 9.73. The van der Waals surface area contributed by atoms with Crippen molar-refractivity contribution in [2.75, 3.05) is 12.8 Å². The molecule has 1 fully saturated rings. The van der Waals surface area contributed by atoms with Gasteiger partial charge in [0.15, 0.2) is 11.6 Å². The third kappa shape index (κ3) is 3.59. The fourth-order valence-electron chi connectivity index (χ4n) is 4.18. The Morgan fingerprint density at radius 1 is 1.22 bits per heavy atom. The lowest BCUT2D eigenvalue weighted by molar-refractivity contribution is 0.0726. The molecule has 4 aromatic rings. The normalized spacial score (nSPS) is 16.2. The molecule has 3 heterocycles. The molecule has 1 saturated heterocycles. The maximum Gasteiger partial charge on any atom is 0.274 e. The minimum atomic E-state index is -0.946. The van der Waals surface area contributed by atoms with Gasteiger partial charge in [-0.25, -0.2) is 18.7 Å². The van der Waals surface area contributed by atoms with E-state index in [0.29, 0.717) is 22.0 Å². The van der Waals surface area contributed by atoms with Crippen molar-refractivity contribution in [3.63, 3.8) is 0 Å². The van der Waals surface area contributed by atoms with Gasteiger partial charge in [0.1, 0.15) is 17.0 Å². The Bertz CT molecular complexity index is 1330. The maximum atomic E-state index is 13.9. The van der Waals surface area contributed by atoms with Gasteiger partial charge in [0.05, 0.1) is 21.4 Å². The molecule has 0 aliphatic carbocycles. The zero-order chi connectivity index (χ0) is 22.4. The van der Waals surface area contributed by atoms with Crippen LogP contribution in [0.15, 0.2) is 41.3 Å². The Morgan fingerprint density at radius 2 is 2.06 bits per heavy atom. The van der Waals surface area contributed by atoms with Crippen molar-refractivity contribution in [2.24, 2.45) is 0 Å². The van der Waals surface area contributed by atoms with E-state index < -0.39 is 11.6 Å². The Morgan fingerprint density at radius 3 is 2.84 bits per heavy atom. The summed E-state index contributed by atoms with van der Waals surface area (Å²) in [5.41, 5.74) is 2.56. The average molecular weight is 471 g/mol. The quantitative estimate of drug-likeness (QED) is 0.373. The summed E-state index contributed by atoms with van der Waals surface area (Å²) >= 11 is 2.93. The Labute approximate surface area is 191 Å². The number of nitrogens with one attached hydrogen (secondary N) is 1. The zero-order valence-corrected chi connectivity index (χ0v) is 19.1. The molecule has 0 radical (unpaired) electrons. The standard InChI is InChI=1S/C23H20F2N4OS2/c1-12-26-20(21(32-12)13-8-9-14(24)15(25)11-13)23(30)29-10-4-6-17(29)22-27-16-5-3-7-18(31-2)19(16)28-22/h3,5,7-9,11,17H,4,6,10H2,1-2H3,(H,27,28). The maximum absolute atomic E-state index is 13.9. The van der Waals surface area contributed by atoms with Crippen LogP contribution in [0.3, 0.4) is 0 Å². The van der Waals surface area contributed by atoms with Crippen LogP contribution in [0.5, 0.6) is 0 Å². The molecule has 1 amide bonds. The van der Waals surface area contributed by atoms with E-state index in [1.54, 1.807) is 23.6 Å². The van der Waals surface area contributed by atoms with Gasteiger partial charge in [0.25, 0.3) is 5.91 Å². The van der Waals surface area contributed by atoms with Gasteiger partial charge < -0.3 is 9.88 Å². The van der Waals surface area contributed by atoms with Crippen LogP contribution in [-0.2, 0) is 0 Å². The molecule has 0 bridgehead atoms. The fraction of sp³-hybridized carbons (Fsp3) is 0.261. The predicted molar refractivity (Wildman–Crippen MR) is 123 cm³/mol. The predicted octanol–water partition coefficient (Wildman–Crippen LogP) is 5.97. The molecule has 1 unspecified atom stereocenters. The monoisotopic (exact) mass is 470 g/mol. The van der Waals surface area contributed by atoms with E-state index in [4.69, 9.17) is 4.98 Å². The molecule has 9 heteroatoms. The number of aryl methyl sites for hydroxylation is 1. The van der Waals surface area contributed by atoms with Gasteiger partial charge in [-0.1, -0.05) is 12.1 Å². The highest BCUT2D eigenvalue weighted by Gasteiger charge is 2.35. The summed E-state index contributed by atoms with van der Waals surface area (Å²) in [4.78, 5) is 29.7. The summed E-state index contributed by atoms with van der Waals surface area (Å²) in [7, 11) is 0. The van der Waals surface area contributed by atoms with Crippen molar-refractivity contribution in [3.8, 4) is 10.4 Å². The number of fused-ring (bicyclic) bond motifs is 1. The number of rotatable bonds is 4. The molecule has 1 aliphatic heterocycles. The molecule has 2 aromatic carbocycles. The third-order valence-corrected chi connectivity index (χ3v) is 7.45. The first-order valence-corrected chi connectivity index (χ1v) is 12.3. The lowest BCUT2D eigenvalue weighted by Crippen LogP contribution is -2.31. The van der Waals surface area contributed by atoms with E-state index in [1.807, 2.05) is 24.5 Å². The number of aromatic nitrogens is 3. The molecule has 1 atom stereocenters. The number of imidazole rings is 1. The van der Waals surface area contributed by atoms with Gasteiger partial charge in [0, 0.05) is 11.4 Å². The number of nitrogens with zero attached hydrogens (tertiary/aromatic N) is 3. The van der Waals surface area contributed by atoms with Gasteiger partial charge in [-0.05, 0) is 55.9 Å². The van der Waals surface area contributed by atoms with Crippen LogP contribution in [0.2, 0.25) is 0 Å². The van der Waals surface area contributed by atoms with E-state index in [9.17, 15) is 13.6 Å². The summed E-state index contributed by atoms with van der Waals surface area (Å²) < 4.78 is 27.3. The summed E-state index contributed by atoms with van der Waals surface area (Å²) in [6.45, 7) is 2.39. The van der Waals surface area contributed by atoms with Crippen LogP contribution in [-0.4, -0.2) is 38.6 Å². The van der Waals surface area contributed by atoms with Crippen LogP contribution < -0.4 is 0 Å². The summed E-state index contributed by atoms with van der Waals surface area (Å²) in [5, 5.41) is 0.692. The number of carbonyl (C=O) groups is 1. The third-order valence-electron chi connectivity index (χ3n) is 5.66.